The van der Waals surface area contributed by atoms with Crippen LogP contribution < -0.4 is 0 Å². The minimum absolute atomic E-state index is 0.0725. The van der Waals surface area contributed by atoms with Gasteiger partial charge < -0.3 is 5.11 Å². The number of rotatable bonds is 4. The van der Waals surface area contributed by atoms with E-state index in [4.69, 9.17) is 5.11 Å². The lowest BCUT2D eigenvalue weighted by Gasteiger charge is -2.15. The summed E-state index contributed by atoms with van der Waals surface area (Å²) in [6.45, 7) is -0.941. The van der Waals surface area contributed by atoms with Gasteiger partial charge in [-0.3, -0.25) is 10.1 Å². The Labute approximate surface area is 92.6 Å². The second-order valence-corrected chi connectivity index (χ2v) is 3.22. The Morgan fingerprint density at radius 1 is 1.29 bits per heavy atom. The van der Waals surface area contributed by atoms with Gasteiger partial charge in [0.05, 0.1) is 11.0 Å². The molecule has 17 heavy (non-hydrogen) atoms. The lowest BCUT2D eigenvalue weighted by molar-refractivity contribution is -0.387. The molecule has 8 heteroatoms. The summed E-state index contributed by atoms with van der Waals surface area (Å²) in [5.74, 6) is -6.99. The molecule has 1 aromatic carbocycles. The van der Waals surface area contributed by atoms with Crippen LogP contribution in [0.5, 0.6) is 0 Å². The molecule has 1 rings (SSSR count). The van der Waals surface area contributed by atoms with Crippen LogP contribution in [-0.2, 0) is 5.92 Å². The fourth-order valence-corrected chi connectivity index (χ4v) is 1.26. The van der Waals surface area contributed by atoms with Gasteiger partial charge in [-0.1, -0.05) is 0 Å². The van der Waals surface area contributed by atoms with Gasteiger partial charge in [-0.2, -0.15) is 0 Å². The zero-order chi connectivity index (χ0) is 13.2. The van der Waals surface area contributed by atoms with E-state index in [0.717, 1.165) is 0 Å². The highest BCUT2D eigenvalue weighted by Gasteiger charge is 2.38. The third kappa shape index (κ3) is 2.70. The molecule has 0 fully saturated rings. The zero-order valence-electron chi connectivity index (χ0n) is 8.29. The monoisotopic (exact) mass is 253 g/mol. The predicted molar refractivity (Wildman–Crippen MR) is 48.6 cm³/mol. The summed E-state index contributed by atoms with van der Waals surface area (Å²) in [7, 11) is 0. The molecule has 0 radical (unpaired) electrons. The molecule has 0 unspecified atom stereocenters. The van der Waals surface area contributed by atoms with Crippen LogP contribution in [-0.4, -0.2) is 16.6 Å². The van der Waals surface area contributed by atoms with Crippen molar-refractivity contribution in [2.75, 3.05) is 6.61 Å². The fraction of sp³-hybridized carbons (Fsp3) is 0.333. The Kier molecular flexibility index (Phi) is 3.66. The van der Waals surface area contributed by atoms with Crippen LogP contribution in [0.2, 0.25) is 0 Å². The molecule has 0 aliphatic heterocycles. The summed E-state index contributed by atoms with van der Waals surface area (Å²) in [6.07, 6.45) is -1.11. The first-order valence-electron chi connectivity index (χ1n) is 4.42. The number of nitro groups is 1. The summed E-state index contributed by atoms with van der Waals surface area (Å²) in [6, 6.07) is 0.166. The van der Waals surface area contributed by atoms with Gasteiger partial charge in [0.2, 0.25) is 0 Å². The summed E-state index contributed by atoms with van der Waals surface area (Å²) in [5.41, 5.74) is -2.47. The first-order valence-corrected chi connectivity index (χ1v) is 4.42. The van der Waals surface area contributed by atoms with Crippen molar-refractivity contribution in [1.29, 1.82) is 0 Å². The molecular formula is C9H7F4NO3. The highest BCUT2D eigenvalue weighted by Crippen LogP contribution is 2.38. The number of benzene rings is 1. The Bertz CT molecular complexity index is 450. The van der Waals surface area contributed by atoms with Crippen LogP contribution in [0.3, 0.4) is 0 Å². The van der Waals surface area contributed by atoms with Gasteiger partial charge in [0, 0.05) is 13.0 Å². The van der Waals surface area contributed by atoms with Crippen molar-refractivity contribution in [2.45, 2.75) is 12.3 Å². The van der Waals surface area contributed by atoms with Gasteiger partial charge in [0.15, 0.2) is 11.6 Å². The number of nitro benzene ring substituents is 1. The van der Waals surface area contributed by atoms with Crippen LogP contribution in [0.15, 0.2) is 12.1 Å². The van der Waals surface area contributed by atoms with Gasteiger partial charge in [-0.25, -0.2) is 17.6 Å². The van der Waals surface area contributed by atoms with Crippen molar-refractivity contribution >= 4 is 5.69 Å². The Morgan fingerprint density at radius 2 is 1.82 bits per heavy atom. The average Bonchev–Trinajstić information content (AvgIpc) is 2.20. The Hall–Kier alpha value is -1.70. The fourth-order valence-electron chi connectivity index (χ4n) is 1.26. The minimum Gasteiger partial charge on any atom is -0.396 e. The molecule has 0 aliphatic carbocycles. The SMILES string of the molecule is O=[N+]([O-])c1cc(F)c(F)cc1C(F)(F)CCO. The number of aliphatic hydroxyl groups excluding tert-OH is 1. The lowest BCUT2D eigenvalue weighted by atomic mass is 10.0. The van der Waals surface area contributed by atoms with Crippen LogP contribution in [0.25, 0.3) is 0 Å². The zero-order valence-corrected chi connectivity index (χ0v) is 8.29. The third-order valence-corrected chi connectivity index (χ3v) is 2.06. The maximum atomic E-state index is 13.3. The first-order chi connectivity index (χ1) is 7.79. The quantitative estimate of drug-likeness (QED) is 0.509. The number of nitrogens with zero attached hydrogens (tertiary/aromatic N) is 1. The van der Waals surface area contributed by atoms with Gasteiger partial charge >= 0.3 is 0 Å². The second-order valence-electron chi connectivity index (χ2n) is 3.22. The number of hydrogen-bond donors (Lipinski definition) is 1. The maximum absolute atomic E-state index is 13.3. The largest absolute Gasteiger partial charge is 0.396 e. The van der Waals surface area contributed by atoms with Gasteiger partial charge in [0.1, 0.15) is 5.56 Å². The smallest absolute Gasteiger partial charge is 0.282 e. The van der Waals surface area contributed by atoms with Gasteiger partial charge in [-0.05, 0) is 6.07 Å². The van der Waals surface area contributed by atoms with Gasteiger partial charge in [-0.15, -0.1) is 0 Å². The van der Waals surface area contributed by atoms with E-state index in [-0.39, 0.29) is 12.1 Å². The Balaban J connectivity index is 3.40. The van der Waals surface area contributed by atoms with E-state index in [1.807, 2.05) is 0 Å². The van der Waals surface area contributed by atoms with Crippen molar-refractivity contribution in [3.63, 3.8) is 0 Å². The Morgan fingerprint density at radius 3 is 2.29 bits per heavy atom. The maximum Gasteiger partial charge on any atom is 0.282 e. The van der Waals surface area contributed by atoms with Crippen molar-refractivity contribution in [3.05, 3.63) is 39.4 Å². The van der Waals surface area contributed by atoms with E-state index >= 15 is 0 Å². The summed E-state index contributed by atoms with van der Waals surface area (Å²) in [5, 5.41) is 18.9. The number of hydrogen-bond acceptors (Lipinski definition) is 3. The molecule has 0 atom stereocenters. The van der Waals surface area contributed by atoms with Crippen LogP contribution in [0, 0.1) is 21.7 Å². The van der Waals surface area contributed by atoms with Gasteiger partial charge in [0.25, 0.3) is 11.6 Å². The molecule has 1 N–H and O–H groups in total. The van der Waals surface area contributed by atoms with Crippen molar-refractivity contribution in [3.8, 4) is 0 Å². The van der Waals surface area contributed by atoms with Crippen molar-refractivity contribution in [1.82, 2.24) is 0 Å². The lowest BCUT2D eigenvalue weighted by Crippen LogP contribution is -2.18. The molecule has 0 aliphatic rings. The highest BCUT2D eigenvalue weighted by atomic mass is 19.3. The number of alkyl halides is 2. The molecular weight excluding hydrogens is 246 g/mol. The number of halogens is 4. The minimum atomic E-state index is -3.80. The molecule has 0 saturated heterocycles. The molecule has 0 bridgehead atoms. The van der Waals surface area contributed by atoms with E-state index < -0.39 is 46.8 Å². The van der Waals surface area contributed by atoms with E-state index in [2.05, 4.69) is 0 Å². The number of aliphatic hydroxyl groups is 1. The van der Waals surface area contributed by atoms with Crippen molar-refractivity contribution in [2.24, 2.45) is 0 Å². The summed E-state index contributed by atoms with van der Waals surface area (Å²) < 4.78 is 52.2. The van der Waals surface area contributed by atoms with Crippen LogP contribution >= 0.6 is 0 Å². The third-order valence-electron chi connectivity index (χ3n) is 2.06. The predicted octanol–water partition coefficient (Wildman–Crippen LogP) is 2.35. The van der Waals surface area contributed by atoms with E-state index in [1.165, 1.54) is 0 Å². The van der Waals surface area contributed by atoms with Crippen molar-refractivity contribution < 1.29 is 27.6 Å². The van der Waals surface area contributed by atoms with E-state index in [0.29, 0.717) is 0 Å². The van der Waals surface area contributed by atoms with Crippen LogP contribution in [0.1, 0.15) is 12.0 Å². The van der Waals surface area contributed by atoms with E-state index in [9.17, 15) is 27.7 Å². The topological polar surface area (TPSA) is 63.4 Å². The molecule has 0 aromatic heterocycles. The highest BCUT2D eigenvalue weighted by molar-refractivity contribution is 5.43. The summed E-state index contributed by atoms with van der Waals surface area (Å²) >= 11 is 0. The second kappa shape index (κ2) is 4.66. The first kappa shape index (κ1) is 13.4. The summed E-state index contributed by atoms with van der Waals surface area (Å²) in [4.78, 5) is 9.22. The average molecular weight is 253 g/mol. The molecule has 4 nitrogen and oxygen atoms in total. The molecule has 0 amide bonds. The molecule has 0 heterocycles. The molecule has 0 saturated carbocycles. The van der Waals surface area contributed by atoms with E-state index in [1.54, 1.807) is 0 Å². The molecule has 0 spiro atoms. The normalized spacial score (nSPS) is 11.6. The molecule has 94 valence electrons. The standard InChI is InChI=1S/C9H7F4NO3/c10-6-3-5(9(12,13)1-2-15)8(14(16)17)4-7(6)11/h3-4,15H,1-2H2. The van der Waals surface area contributed by atoms with Crippen LogP contribution in [0.4, 0.5) is 23.2 Å². The molecule has 1 aromatic rings.